The van der Waals surface area contributed by atoms with Crippen molar-refractivity contribution in [2.45, 2.75) is 11.7 Å². The summed E-state index contributed by atoms with van der Waals surface area (Å²) in [5.74, 6) is -1.59. The summed E-state index contributed by atoms with van der Waals surface area (Å²) in [5, 5.41) is 5.26. The summed E-state index contributed by atoms with van der Waals surface area (Å²) in [6, 6.07) is 22.0. The van der Waals surface area contributed by atoms with Gasteiger partial charge in [-0.2, -0.15) is 0 Å². The average Bonchev–Trinajstić information content (AvgIpc) is 3.21. The smallest absolute Gasteiger partial charge is 0.338 e. The van der Waals surface area contributed by atoms with E-state index in [4.69, 9.17) is 4.74 Å². The Kier molecular flexibility index (Phi) is 8.29. The van der Waals surface area contributed by atoms with Gasteiger partial charge in [0.25, 0.3) is 0 Å². The van der Waals surface area contributed by atoms with Crippen molar-refractivity contribution in [1.82, 2.24) is 5.32 Å². The van der Waals surface area contributed by atoms with E-state index in [1.807, 2.05) is 30.3 Å². The van der Waals surface area contributed by atoms with Crippen LogP contribution in [0.3, 0.4) is 0 Å². The summed E-state index contributed by atoms with van der Waals surface area (Å²) in [6.45, 7) is -0.379. The van der Waals surface area contributed by atoms with Crippen LogP contribution in [0.1, 0.15) is 27.1 Å². The first kappa shape index (κ1) is 25.3. The van der Waals surface area contributed by atoms with Crippen molar-refractivity contribution >= 4 is 67.8 Å². The molecule has 1 aliphatic rings. The molecule has 1 aliphatic heterocycles. The molecular weight excluding hydrogens is 546 g/mol. The number of carbonyl (C=O) groups is 4. The van der Waals surface area contributed by atoms with E-state index < -0.39 is 11.2 Å². The number of amides is 2. The highest BCUT2D eigenvalue weighted by Crippen LogP contribution is 2.25. The first-order chi connectivity index (χ1) is 17.4. The Morgan fingerprint density at radius 3 is 2.31 bits per heavy atom. The van der Waals surface area contributed by atoms with E-state index in [1.54, 1.807) is 36.4 Å². The third-order valence-corrected chi connectivity index (χ3v) is 6.65. The van der Waals surface area contributed by atoms with Crippen LogP contribution in [0.4, 0.5) is 11.4 Å². The summed E-state index contributed by atoms with van der Waals surface area (Å²) in [4.78, 5) is 53.5. The second-order valence-electron chi connectivity index (χ2n) is 7.68. The molecule has 1 atom stereocenters. The minimum Gasteiger partial charge on any atom is -0.454 e. The largest absolute Gasteiger partial charge is 0.454 e. The maximum Gasteiger partial charge on any atom is 0.338 e. The summed E-state index contributed by atoms with van der Waals surface area (Å²) in [5.41, 5.74) is 1.85. The highest BCUT2D eigenvalue weighted by Gasteiger charge is 2.32. The van der Waals surface area contributed by atoms with E-state index >= 15 is 0 Å². The number of nitrogens with one attached hydrogen (secondary N) is 2. The number of Topliss-reactive ketones (excluding diaryl/α,β-unsaturated/α-hetero) is 1. The van der Waals surface area contributed by atoms with Gasteiger partial charge in [-0.05, 0) is 48.5 Å². The van der Waals surface area contributed by atoms with Gasteiger partial charge in [0.2, 0.25) is 11.8 Å². The van der Waals surface area contributed by atoms with Gasteiger partial charge < -0.3 is 15.4 Å². The normalized spacial score (nSPS) is 15.9. The first-order valence-electron chi connectivity index (χ1n) is 10.8. The van der Waals surface area contributed by atoms with E-state index in [1.165, 1.54) is 23.9 Å². The molecule has 0 spiro atoms. The number of esters is 1. The first-order valence-corrected chi connectivity index (χ1v) is 12.5. The average molecular weight is 566 g/mol. The van der Waals surface area contributed by atoms with Crippen molar-refractivity contribution in [3.8, 4) is 0 Å². The summed E-state index contributed by atoms with van der Waals surface area (Å²) in [7, 11) is 0. The molecule has 10 heteroatoms. The number of benzene rings is 3. The molecule has 0 radical (unpaired) electrons. The molecule has 2 amide bonds. The number of aliphatic imine (C=N–C) groups is 1. The van der Waals surface area contributed by atoms with Crippen LogP contribution >= 0.6 is 27.7 Å². The van der Waals surface area contributed by atoms with Gasteiger partial charge in [-0.15, -0.1) is 0 Å². The Bertz CT molecular complexity index is 1310. The van der Waals surface area contributed by atoms with Crippen molar-refractivity contribution in [1.29, 1.82) is 0 Å². The number of nitrogens with zero attached hydrogens (tertiary/aromatic N) is 1. The van der Waals surface area contributed by atoms with E-state index in [-0.39, 0.29) is 36.2 Å². The van der Waals surface area contributed by atoms with Crippen LogP contribution in [-0.4, -0.2) is 40.6 Å². The number of thioether (sulfide) groups is 1. The highest BCUT2D eigenvalue weighted by molar-refractivity contribution is 9.10. The number of hydrogen-bond acceptors (Lipinski definition) is 7. The summed E-state index contributed by atoms with van der Waals surface area (Å²) >= 11 is 4.50. The van der Waals surface area contributed by atoms with Crippen molar-refractivity contribution < 1.29 is 23.9 Å². The lowest BCUT2D eigenvalue weighted by atomic mass is 10.1. The van der Waals surface area contributed by atoms with Crippen molar-refractivity contribution in [3.63, 3.8) is 0 Å². The Balaban J connectivity index is 1.26. The molecular formula is C26H20BrN3O5S. The molecule has 1 heterocycles. The van der Waals surface area contributed by atoms with Gasteiger partial charge >= 0.3 is 5.97 Å². The summed E-state index contributed by atoms with van der Waals surface area (Å²) in [6.07, 6.45) is -0.0354. The number of para-hydroxylation sites is 1. The standard InChI is InChI=1S/C26H20BrN3O5S/c27-18-10-6-16(7-11-18)21(31)15-35-25(34)17-8-12-20(13-9-17)28-23(32)14-22-24(33)30-26(36-22)29-19-4-2-1-3-5-19/h1-13,22H,14-15H2,(H,28,32)(H,29,30,33). The molecule has 0 bridgehead atoms. The zero-order chi connectivity index (χ0) is 25.5. The van der Waals surface area contributed by atoms with Gasteiger partial charge in [0, 0.05) is 22.1 Å². The predicted octanol–water partition coefficient (Wildman–Crippen LogP) is 4.74. The molecule has 1 unspecified atom stereocenters. The fraction of sp³-hybridized carbons (Fsp3) is 0.115. The lowest BCUT2D eigenvalue weighted by Gasteiger charge is -2.08. The number of amidine groups is 1. The highest BCUT2D eigenvalue weighted by atomic mass is 79.9. The lowest BCUT2D eigenvalue weighted by Crippen LogP contribution is -2.28. The second-order valence-corrected chi connectivity index (χ2v) is 9.79. The van der Waals surface area contributed by atoms with Crippen molar-refractivity contribution in [2.24, 2.45) is 4.99 Å². The number of carbonyl (C=O) groups excluding carboxylic acids is 4. The molecule has 2 N–H and O–H groups in total. The van der Waals surface area contributed by atoms with Crippen LogP contribution in [0.15, 0.2) is 88.3 Å². The van der Waals surface area contributed by atoms with E-state index in [0.717, 1.165) is 4.47 Å². The number of rotatable bonds is 8. The number of ketones is 1. The Morgan fingerprint density at radius 2 is 1.61 bits per heavy atom. The zero-order valence-corrected chi connectivity index (χ0v) is 21.2. The second kappa shape index (κ2) is 11.8. The van der Waals surface area contributed by atoms with Crippen LogP contribution < -0.4 is 10.6 Å². The molecule has 1 saturated heterocycles. The molecule has 36 heavy (non-hydrogen) atoms. The maximum absolute atomic E-state index is 12.5. The predicted molar refractivity (Wildman–Crippen MR) is 142 cm³/mol. The Morgan fingerprint density at radius 1 is 0.944 bits per heavy atom. The van der Waals surface area contributed by atoms with Gasteiger partial charge in [0.05, 0.1) is 11.3 Å². The quantitative estimate of drug-likeness (QED) is 0.301. The molecule has 0 saturated carbocycles. The fourth-order valence-electron chi connectivity index (χ4n) is 3.22. The molecule has 1 fully saturated rings. The van der Waals surface area contributed by atoms with E-state index in [0.29, 0.717) is 22.1 Å². The van der Waals surface area contributed by atoms with Gasteiger partial charge in [-0.25, -0.2) is 9.79 Å². The molecule has 3 aromatic carbocycles. The SMILES string of the molecule is O=C(CC1SC(=Nc2ccccc2)NC1=O)Nc1ccc(C(=O)OCC(=O)c2ccc(Br)cc2)cc1. The monoisotopic (exact) mass is 565 g/mol. The molecule has 0 aromatic heterocycles. The fourth-order valence-corrected chi connectivity index (χ4v) is 4.47. The van der Waals surface area contributed by atoms with Crippen LogP contribution in [0, 0.1) is 0 Å². The lowest BCUT2D eigenvalue weighted by molar-refractivity contribution is -0.122. The maximum atomic E-state index is 12.5. The minimum atomic E-state index is -0.650. The summed E-state index contributed by atoms with van der Waals surface area (Å²) < 4.78 is 5.95. The molecule has 182 valence electrons. The van der Waals surface area contributed by atoms with Crippen LogP contribution in [0.25, 0.3) is 0 Å². The van der Waals surface area contributed by atoms with Crippen molar-refractivity contribution in [3.05, 3.63) is 94.5 Å². The zero-order valence-electron chi connectivity index (χ0n) is 18.8. The number of anilines is 1. The Hall–Kier alpha value is -3.76. The van der Waals surface area contributed by atoms with Crippen LogP contribution in [0.5, 0.6) is 0 Å². The number of ether oxygens (including phenoxy) is 1. The molecule has 3 aromatic rings. The number of halogens is 1. The third kappa shape index (κ3) is 6.89. The Labute approximate surface area is 219 Å². The molecule has 8 nitrogen and oxygen atoms in total. The van der Waals surface area contributed by atoms with Crippen LogP contribution in [0.2, 0.25) is 0 Å². The molecule has 0 aliphatic carbocycles. The van der Waals surface area contributed by atoms with Gasteiger partial charge in [0.15, 0.2) is 17.6 Å². The van der Waals surface area contributed by atoms with E-state index in [2.05, 4.69) is 31.6 Å². The topological polar surface area (TPSA) is 114 Å². The van der Waals surface area contributed by atoms with E-state index in [9.17, 15) is 19.2 Å². The van der Waals surface area contributed by atoms with Crippen LogP contribution in [-0.2, 0) is 14.3 Å². The number of hydrogen-bond donors (Lipinski definition) is 2. The van der Waals surface area contributed by atoms with Gasteiger partial charge in [-0.1, -0.05) is 58.0 Å². The minimum absolute atomic E-state index is 0.0354. The van der Waals surface area contributed by atoms with Crippen molar-refractivity contribution in [2.75, 3.05) is 11.9 Å². The van der Waals surface area contributed by atoms with Gasteiger partial charge in [-0.3, -0.25) is 14.4 Å². The third-order valence-electron chi connectivity index (χ3n) is 5.04. The van der Waals surface area contributed by atoms with Gasteiger partial charge in [0.1, 0.15) is 5.25 Å². The molecule has 4 rings (SSSR count).